The van der Waals surface area contributed by atoms with Gasteiger partial charge in [0, 0.05) is 25.7 Å². The molecule has 0 aliphatic rings. The first kappa shape index (κ1) is 42.0. The molecule has 1 aromatic heterocycles. The highest BCUT2D eigenvalue weighted by molar-refractivity contribution is 5.87. The summed E-state index contributed by atoms with van der Waals surface area (Å²) in [6, 6.07) is 27.4. The van der Waals surface area contributed by atoms with Crippen LogP contribution in [-0.4, -0.2) is 97.5 Å². The summed E-state index contributed by atoms with van der Waals surface area (Å²) < 4.78 is 49.3. The molecule has 4 aromatic carbocycles. The van der Waals surface area contributed by atoms with Crippen molar-refractivity contribution in [2.75, 3.05) is 80.7 Å². The van der Waals surface area contributed by atoms with Crippen molar-refractivity contribution in [3.8, 4) is 34.1 Å². The van der Waals surface area contributed by atoms with Crippen molar-refractivity contribution in [3.63, 3.8) is 0 Å². The van der Waals surface area contributed by atoms with Crippen LogP contribution in [0.3, 0.4) is 0 Å². The van der Waals surface area contributed by atoms with Crippen molar-refractivity contribution in [2.45, 2.75) is 6.54 Å². The van der Waals surface area contributed by atoms with Crippen LogP contribution in [0.2, 0.25) is 0 Å². The first-order chi connectivity index (χ1) is 27.9. The highest BCUT2D eigenvalue weighted by Crippen LogP contribution is 2.38. The van der Waals surface area contributed by atoms with E-state index in [-0.39, 0.29) is 38.5 Å². The first-order valence-electron chi connectivity index (χ1n) is 18.3. The Labute approximate surface area is 331 Å². The lowest BCUT2D eigenvalue weighted by molar-refractivity contribution is -0.147. The summed E-state index contributed by atoms with van der Waals surface area (Å²) in [5.74, 6) is 0.848. The number of esters is 2. The molecule has 13 nitrogen and oxygen atoms in total. The molecule has 5 aromatic rings. The van der Waals surface area contributed by atoms with Gasteiger partial charge in [0.25, 0.3) is 0 Å². The molecule has 0 fully saturated rings. The van der Waals surface area contributed by atoms with Gasteiger partial charge in [-0.05, 0) is 59.2 Å². The Morgan fingerprint density at radius 2 is 1.37 bits per heavy atom. The van der Waals surface area contributed by atoms with E-state index in [0.717, 1.165) is 5.56 Å². The first-order valence-corrected chi connectivity index (χ1v) is 18.3. The molecule has 0 N–H and O–H groups in total. The lowest BCUT2D eigenvalue weighted by Crippen LogP contribution is -2.31. The Kier molecular flexibility index (Phi) is 16.5. The predicted molar refractivity (Wildman–Crippen MR) is 214 cm³/mol. The number of hydrogen-bond acceptors (Lipinski definition) is 13. The van der Waals surface area contributed by atoms with Crippen molar-refractivity contribution in [1.29, 1.82) is 0 Å². The maximum absolute atomic E-state index is 12.9. The molecule has 0 bridgehead atoms. The van der Waals surface area contributed by atoms with Gasteiger partial charge < -0.3 is 42.3 Å². The normalized spacial score (nSPS) is 11.2. The lowest BCUT2D eigenvalue weighted by atomic mass is 10.1. The molecule has 5 rings (SSSR count). The Balaban J connectivity index is 0.962. The largest absolute Gasteiger partial charge is 0.493 e. The molecule has 0 spiro atoms. The summed E-state index contributed by atoms with van der Waals surface area (Å²) in [4.78, 5) is 39.6. The molecule has 0 atom stereocenters. The van der Waals surface area contributed by atoms with Crippen LogP contribution in [0, 0.1) is 0 Å². The fourth-order valence-electron chi connectivity index (χ4n) is 5.72. The minimum atomic E-state index is -0.527. The number of nitrogens with zero attached hydrogens (tertiary/aromatic N) is 1. The molecule has 13 heteroatoms. The third kappa shape index (κ3) is 13.0. The maximum Gasteiger partial charge on any atom is 0.344 e. The number of ether oxygens (including phenoxy) is 8. The fraction of sp³-hybridized carbons (Fsp3) is 0.295. The van der Waals surface area contributed by atoms with Crippen LogP contribution in [0.25, 0.3) is 28.2 Å². The van der Waals surface area contributed by atoms with Crippen LogP contribution < -0.4 is 24.4 Å². The van der Waals surface area contributed by atoms with E-state index in [1.54, 1.807) is 60.7 Å². The lowest BCUT2D eigenvalue weighted by Gasteiger charge is -2.22. The van der Waals surface area contributed by atoms with Crippen LogP contribution in [-0.2, 0) is 35.1 Å². The van der Waals surface area contributed by atoms with Gasteiger partial charge in [0.2, 0.25) is 5.75 Å². The van der Waals surface area contributed by atoms with Gasteiger partial charge >= 0.3 is 11.9 Å². The molecule has 300 valence electrons. The van der Waals surface area contributed by atoms with E-state index in [1.807, 2.05) is 24.3 Å². The number of fused-ring (bicyclic) bond motifs is 1. The van der Waals surface area contributed by atoms with E-state index in [9.17, 15) is 14.4 Å². The van der Waals surface area contributed by atoms with Gasteiger partial charge in [-0.25, -0.2) is 9.59 Å². The van der Waals surface area contributed by atoms with E-state index >= 15 is 0 Å². The molecular weight excluding hydrogens is 734 g/mol. The van der Waals surface area contributed by atoms with Gasteiger partial charge in [0.1, 0.15) is 30.8 Å². The molecular formula is C44H47NO12. The zero-order valence-electron chi connectivity index (χ0n) is 32.3. The minimum absolute atomic E-state index is 0.0804. The number of carbonyl (C=O) groups excluding carboxylic acids is 2. The molecule has 57 heavy (non-hydrogen) atoms. The molecule has 0 aliphatic heterocycles. The molecule has 0 saturated carbocycles. The maximum atomic E-state index is 12.9. The van der Waals surface area contributed by atoms with Crippen molar-refractivity contribution in [3.05, 3.63) is 125 Å². The zero-order valence-corrected chi connectivity index (χ0v) is 32.3. The predicted octanol–water partition coefficient (Wildman–Crippen LogP) is 6.20. The van der Waals surface area contributed by atoms with E-state index in [2.05, 4.69) is 17.0 Å². The number of para-hydroxylation sites is 1. The molecule has 0 aliphatic carbocycles. The molecule has 1 heterocycles. The second-order valence-corrected chi connectivity index (χ2v) is 12.5. The van der Waals surface area contributed by atoms with Crippen LogP contribution in [0.5, 0.6) is 23.0 Å². The van der Waals surface area contributed by atoms with Crippen LogP contribution in [0.1, 0.15) is 11.1 Å². The number of methoxy groups -OCH3 is 3. The van der Waals surface area contributed by atoms with Crippen LogP contribution in [0.15, 0.2) is 113 Å². The SMILES string of the molecule is COc1cc(/C=C/C(=O)OCCOCCN(CCOCCOC(=O)COc2ccc(-c3coc4ccccc4c3=O)cc2)Cc2ccccc2)cc(OC)c1OC. The Morgan fingerprint density at radius 3 is 2.04 bits per heavy atom. The summed E-state index contributed by atoms with van der Waals surface area (Å²) >= 11 is 0. The van der Waals surface area contributed by atoms with E-state index < -0.39 is 11.9 Å². The molecule has 0 unspecified atom stereocenters. The summed E-state index contributed by atoms with van der Waals surface area (Å²) in [6.07, 6.45) is 4.38. The van der Waals surface area contributed by atoms with E-state index in [4.69, 9.17) is 42.3 Å². The fourth-order valence-corrected chi connectivity index (χ4v) is 5.72. The van der Waals surface area contributed by atoms with Gasteiger partial charge in [0.05, 0.1) is 58.7 Å². The van der Waals surface area contributed by atoms with Gasteiger partial charge in [0.15, 0.2) is 23.5 Å². The third-order valence-corrected chi connectivity index (χ3v) is 8.62. The monoisotopic (exact) mass is 781 g/mol. The van der Waals surface area contributed by atoms with E-state index in [0.29, 0.717) is 83.5 Å². The highest BCUT2D eigenvalue weighted by atomic mass is 16.6. The van der Waals surface area contributed by atoms with Crippen molar-refractivity contribution in [1.82, 2.24) is 4.90 Å². The number of benzene rings is 4. The standard InChI is InChI=1S/C44H47NO12/c1-49-39-27-33(28-40(50-2)44(39)51-3)13-18-41(46)54-25-23-52-21-19-45(29-32-9-5-4-6-10-32)20-22-53-24-26-55-42(47)31-56-35-16-14-34(15-17-35)37-30-57-38-12-8-7-11-36(38)43(37)48/h4-18,27-28,30H,19-26,29,31H2,1-3H3/b18-13+. The second kappa shape index (κ2) is 22.4. The summed E-state index contributed by atoms with van der Waals surface area (Å²) in [5.41, 5.74) is 3.35. The summed E-state index contributed by atoms with van der Waals surface area (Å²) in [6.45, 7) is 3.14. The quantitative estimate of drug-likeness (QED) is 0.0422. The van der Waals surface area contributed by atoms with Gasteiger partial charge in [-0.15, -0.1) is 0 Å². The van der Waals surface area contributed by atoms with Crippen LogP contribution >= 0.6 is 0 Å². The Hall–Kier alpha value is -6.15. The van der Waals surface area contributed by atoms with Crippen molar-refractivity contribution >= 4 is 29.0 Å². The van der Waals surface area contributed by atoms with Gasteiger partial charge in [-0.2, -0.15) is 0 Å². The minimum Gasteiger partial charge on any atom is -0.493 e. The topological polar surface area (TPSA) is 141 Å². The van der Waals surface area contributed by atoms with Gasteiger partial charge in [-0.3, -0.25) is 9.69 Å². The average molecular weight is 782 g/mol. The molecule has 0 amide bonds. The molecule has 0 saturated heterocycles. The number of hydrogen-bond donors (Lipinski definition) is 0. The van der Waals surface area contributed by atoms with Gasteiger partial charge in [-0.1, -0.05) is 54.6 Å². The highest BCUT2D eigenvalue weighted by Gasteiger charge is 2.13. The third-order valence-electron chi connectivity index (χ3n) is 8.62. The number of rotatable bonds is 23. The van der Waals surface area contributed by atoms with Crippen molar-refractivity contribution < 1.29 is 51.9 Å². The molecule has 0 radical (unpaired) electrons. The number of carbonyl (C=O) groups is 2. The Morgan fingerprint density at radius 1 is 0.719 bits per heavy atom. The van der Waals surface area contributed by atoms with Crippen LogP contribution in [0.4, 0.5) is 0 Å². The second-order valence-electron chi connectivity index (χ2n) is 12.5. The van der Waals surface area contributed by atoms with E-state index in [1.165, 1.54) is 33.7 Å². The smallest absolute Gasteiger partial charge is 0.344 e. The van der Waals surface area contributed by atoms with Crippen molar-refractivity contribution in [2.24, 2.45) is 0 Å². The Bertz CT molecular complexity index is 2090. The zero-order chi connectivity index (χ0) is 40.2. The average Bonchev–Trinajstić information content (AvgIpc) is 3.24. The summed E-state index contributed by atoms with van der Waals surface area (Å²) in [7, 11) is 4.57. The summed E-state index contributed by atoms with van der Waals surface area (Å²) in [5, 5.41) is 0.506.